The maximum absolute atomic E-state index is 6.31. The first-order valence-corrected chi connectivity index (χ1v) is 7.79. The molecule has 0 radical (unpaired) electrons. The van der Waals surface area contributed by atoms with E-state index in [1.165, 1.54) is 11.3 Å². The first-order chi connectivity index (χ1) is 9.58. The van der Waals surface area contributed by atoms with Crippen molar-refractivity contribution in [3.63, 3.8) is 0 Å². The Labute approximate surface area is 137 Å². The van der Waals surface area contributed by atoms with Crippen molar-refractivity contribution in [1.29, 1.82) is 0 Å². The monoisotopic (exact) mass is 345 g/mol. The predicted octanol–water partition coefficient (Wildman–Crippen LogP) is 6.33. The van der Waals surface area contributed by atoms with Gasteiger partial charge in [0.15, 0.2) is 0 Å². The van der Waals surface area contributed by atoms with Crippen LogP contribution in [0.5, 0.6) is 0 Å². The van der Waals surface area contributed by atoms with Crippen molar-refractivity contribution >= 4 is 52.1 Å². The zero-order valence-electron chi connectivity index (χ0n) is 10.4. The van der Waals surface area contributed by atoms with E-state index in [4.69, 9.17) is 46.4 Å². The fraction of sp³-hybridized carbons (Fsp3) is 0.200. The van der Waals surface area contributed by atoms with Gasteiger partial charge < -0.3 is 5.32 Å². The van der Waals surface area contributed by atoms with Gasteiger partial charge in [-0.2, -0.15) is 0 Å². The molecule has 0 bridgehead atoms. The first kappa shape index (κ1) is 14.3. The van der Waals surface area contributed by atoms with Crippen LogP contribution in [0, 0.1) is 0 Å². The Hall–Kier alpha value is -0.600. The summed E-state index contributed by atoms with van der Waals surface area (Å²) in [6, 6.07) is 7.79. The number of hydrogen-bond acceptors (Lipinski definition) is 1. The summed E-state index contributed by atoms with van der Waals surface area (Å²) >= 11 is 24.7. The van der Waals surface area contributed by atoms with Crippen LogP contribution < -0.4 is 5.32 Å². The third-order valence-electron chi connectivity index (χ3n) is 3.45. The van der Waals surface area contributed by atoms with Gasteiger partial charge in [-0.3, -0.25) is 0 Å². The minimum Gasteiger partial charge on any atom is -0.385 e. The van der Waals surface area contributed by atoms with Crippen LogP contribution in [-0.4, -0.2) is 6.54 Å². The summed E-state index contributed by atoms with van der Waals surface area (Å²) in [6.45, 7) is 1.01. The van der Waals surface area contributed by atoms with Crippen LogP contribution >= 0.6 is 46.4 Å². The van der Waals surface area contributed by atoms with Gasteiger partial charge in [-0.05, 0) is 42.2 Å². The minimum atomic E-state index is 0.337. The van der Waals surface area contributed by atoms with Crippen molar-refractivity contribution in [1.82, 2.24) is 0 Å². The fourth-order valence-electron chi connectivity index (χ4n) is 2.46. The topological polar surface area (TPSA) is 12.0 Å². The second-order valence-electron chi connectivity index (χ2n) is 4.75. The lowest BCUT2D eigenvalue weighted by Gasteiger charge is -2.19. The quantitative estimate of drug-likeness (QED) is 0.470. The second kappa shape index (κ2) is 5.65. The van der Waals surface area contributed by atoms with E-state index in [-0.39, 0.29) is 0 Å². The maximum atomic E-state index is 6.31. The van der Waals surface area contributed by atoms with Gasteiger partial charge >= 0.3 is 0 Å². The number of nitrogens with one attached hydrogen (secondary N) is 1. The summed E-state index contributed by atoms with van der Waals surface area (Å²) in [5, 5.41) is 4.98. The van der Waals surface area contributed by atoms with E-state index in [1.807, 2.05) is 6.07 Å². The Morgan fingerprint density at radius 2 is 1.70 bits per heavy atom. The third kappa shape index (κ3) is 2.48. The van der Waals surface area contributed by atoms with Crippen molar-refractivity contribution in [3.05, 3.63) is 49.9 Å². The van der Waals surface area contributed by atoms with Crippen LogP contribution in [0.3, 0.4) is 0 Å². The van der Waals surface area contributed by atoms with Crippen molar-refractivity contribution in [2.24, 2.45) is 0 Å². The molecule has 0 atom stereocenters. The first-order valence-electron chi connectivity index (χ1n) is 6.28. The number of rotatable bonds is 1. The van der Waals surface area contributed by atoms with Crippen molar-refractivity contribution in [2.45, 2.75) is 12.8 Å². The zero-order valence-corrected chi connectivity index (χ0v) is 13.5. The molecule has 0 fully saturated rings. The summed E-state index contributed by atoms with van der Waals surface area (Å²) in [5.74, 6) is 0. The van der Waals surface area contributed by atoms with Gasteiger partial charge in [-0.25, -0.2) is 0 Å². The SMILES string of the molecule is Clc1cc(Cl)c(-c2ccc3c(c2)CCCN3)c(Cl)c1Cl. The highest BCUT2D eigenvalue weighted by molar-refractivity contribution is 6.51. The Morgan fingerprint density at radius 3 is 2.50 bits per heavy atom. The predicted molar refractivity (Wildman–Crippen MR) is 88.7 cm³/mol. The van der Waals surface area contributed by atoms with Crippen LogP contribution in [0.15, 0.2) is 24.3 Å². The van der Waals surface area contributed by atoms with Crippen LogP contribution in [0.4, 0.5) is 5.69 Å². The van der Waals surface area contributed by atoms with Crippen LogP contribution in [0.25, 0.3) is 11.1 Å². The molecule has 0 unspecified atom stereocenters. The van der Waals surface area contributed by atoms with Gasteiger partial charge in [0.1, 0.15) is 0 Å². The number of halogens is 4. The highest BCUT2D eigenvalue weighted by atomic mass is 35.5. The lowest BCUT2D eigenvalue weighted by atomic mass is 9.97. The fourth-order valence-corrected chi connectivity index (χ4v) is 3.59. The molecule has 0 amide bonds. The standard InChI is InChI=1S/C15H11Cl4N/c16-10-7-11(17)14(18)15(19)13(10)9-3-4-12-8(6-9)2-1-5-20-12/h3-4,6-7,20H,1-2,5H2. The Balaban J connectivity index is 2.16. The zero-order chi connectivity index (χ0) is 14.3. The number of anilines is 1. The average molecular weight is 347 g/mol. The molecule has 2 aromatic carbocycles. The van der Waals surface area contributed by atoms with Crippen LogP contribution in [-0.2, 0) is 6.42 Å². The van der Waals surface area contributed by atoms with E-state index in [0.29, 0.717) is 20.1 Å². The highest BCUT2D eigenvalue weighted by Crippen LogP contribution is 2.43. The third-order valence-corrected chi connectivity index (χ3v) is 5.01. The second-order valence-corrected chi connectivity index (χ2v) is 6.32. The minimum absolute atomic E-state index is 0.337. The number of fused-ring (bicyclic) bond motifs is 1. The van der Waals surface area contributed by atoms with Gasteiger partial charge in [0.2, 0.25) is 0 Å². The number of aryl methyl sites for hydroxylation is 1. The Kier molecular flexibility index (Phi) is 4.05. The molecule has 3 rings (SSSR count). The molecule has 1 N–H and O–H groups in total. The molecule has 0 saturated heterocycles. The highest BCUT2D eigenvalue weighted by Gasteiger charge is 2.17. The smallest absolute Gasteiger partial charge is 0.0785 e. The maximum Gasteiger partial charge on any atom is 0.0785 e. The van der Waals surface area contributed by atoms with Gasteiger partial charge in [0, 0.05) is 17.8 Å². The molecule has 1 aliphatic heterocycles. The number of benzene rings is 2. The molecule has 0 spiro atoms. The van der Waals surface area contributed by atoms with Gasteiger partial charge in [0.25, 0.3) is 0 Å². The summed E-state index contributed by atoms with van der Waals surface area (Å²) in [7, 11) is 0. The van der Waals surface area contributed by atoms with Crippen molar-refractivity contribution in [3.8, 4) is 11.1 Å². The van der Waals surface area contributed by atoms with Gasteiger partial charge in [0.05, 0.1) is 20.1 Å². The summed E-state index contributed by atoms with van der Waals surface area (Å²) < 4.78 is 0. The molecule has 5 heteroatoms. The summed E-state index contributed by atoms with van der Waals surface area (Å²) in [4.78, 5) is 0. The molecule has 2 aromatic rings. The molecule has 0 aliphatic carbocycles. The number of hydrogen-bond donors (Lipinski definition) is 1. The lowest BCUT2D eigenvalue weighted by Crippen LogP contribution is -2.11. The molecule has 1 nitrogen and oxygen atoms in total. The molecular formula is C15H11Cl4N. The van der Waals surface area contributed by atoms with Crippen LogP contribution in [0.2, 0.25) is 20.1 Å². The van der Waals surface area contributed by atoms with E-state index < -0.39 is 0 Å². The lowest BCUT2D eigenvalue weighted by molar-refractivity contribution is 0.830. The molecule has 1 aliphatic rings. The molecular weight excluding hydrogens is 336 g/mol. The Morgan fingerprint density at radius 1 is 0.900 bits per heavy atom. The van der Waals surface area contributed by atoms with Crippen molar-refractivity contribution < 1.29 is 0 Å². The van der Waals surface area contributed by atoms with E-state index in [9.17, 15) is 0 Å². The average Bonchev–Trinajstić information content (AvgIpc) is 2.45. The van der Waals surface area contributed by atoms with E-state index in [0.717, 1.165) is 30.5 Å². The van der Waals surface area contributed by atoms with Crippen LogP contribution in [0.1, 0.15) is 12.0 Å². The summed E-state index contributed by atoms with van der Waals surface area (Å²) in [5.41, 5.74) is 4.14. The molecule has 1 heterocycles. The molecule has 0 saturated carbocycles. The Bertz CT molecular complexity index is 682. The molecule has 104 valence electrons. The van der Waals surface area contributed by atoms with Crippen molar-refractivity contribution in [2.75, 3.05) is 11.9 Å². The largest absolute Gasteiger partial charge is 0.385 e. The normalized spacial score (nSPS) is 13.8. The van der Waals surface area contributed by atoms with E-state index in [1.54, 1.807) is 6.07 Å². The van der Waals surface area contributed by atoms with E-state index >= 15 is 0 Å². The molecule has 20 heavy (non-hydrogen) atoms. The van der Waals surface area contributed by atoms with Gasteiger partial charge in [-0.1, -0.05) is 52.5 Å². The van der Waals surface area contributed by atoms with Gasteiger partial charge in [-0.15, -0.1) is 0 Å². The van der Waals surface area contributed by atoms with E-state index in [2.05, 4.69) is 17.4 Å². The molecule has 0 aromatic heterocycles. The summed E-state index contributed by atoms with van der Waals surface area (Å²) in [6.07, 6.45) is 2.17.